The minimum absolute atomic E-state index is 0.0552. The number of aliphatic hydroxyl groups excluding tert-OH is 3. The Morgan fingerprint density at radius 2 is 0.736 bits per heavy atom. The van der Waals surface area contributed by atoms with Crippen molar-refractivity contribution in [1.29, 1.82) is 0 Å². The van der Waals surface area contributed by atoms with Crippen molar-refractivity contribution in [2.24, 2.45) is 0 Å². The van der Waals surface area contributed by atoms with E-state index in [4.69, 9.17) is 0 Å². The van der Waals surface area contributed by atoms with Crippen molar-refractivity contribution in [3.05, 3.63) is 232 Å². The molecule has 6 aliphatic rings. The summed E-state index contributed by atoms with van der Waals surface area (Å²) in [5.74, 6) is -32.8. The van der Waals surface area contributed by atoms with Crippen LogP contribution in [0.3, 0.4) is 0 Å². The van der Waals surface area contributed by atoms with Crippen LogP contribution in [0.4, 0.5) is 93.0 Å². The monoisotopic (exact) mass is 1830 g/mol. The first-order chi connectivity index (χ1) is 60.3. The van der Waals surface area contributed by atoms with Crippen LogP contribution in [0.5, 0.6) is 0 Å². The number of allylic oxidation sites excluding steroid dienone is 2. The van der Waals surface area contributed by atoms with Gasteiger partial charge in [0.25, 0.3) is 35.4 Å². The van der Waals surface area contributed by atoms with Crippen molar-refractivity contribution < 1.29 is 119 Å². The number of alkyl halides is 9. The molecule has 4 bridgehead atoms. The quantitative estimate of drug-likeness (QED) is 0.0231. The predicted octanol–water partition coefficient (Wildman–Crippen LogP) is 16.5. The number of rotatable bonds is 22. The van der Waals surface area contributed by atoms with E-state index in [1.54, 1.807) is 49.4 Å². The fourth-order valence-electron chi connectivity index (χ4n) is 16.4. The van der Waals surface area contributed by atoms with Gasteiger partial charge in [-0.1, -0.05) is 20.1 Å². The van der Waals surface area contributed by atoms with Crippen LogP contribution >= 0.6 is 0 Å². The molecule has 0 aliphatic carbocycles. The molecule has 0 spiro atoms. The van der Waals surface area contributed by atoms with Gasteiger partial charge in [-0.2, -0.15) is 50.4 Å². The lowest BCUT2D eigenvalue weighted by atomic mass is 9.88. The first kappa shape index (κ1) is 98.0. The molecule has 6 amide bonds. The molecule has 24 nitrogen and oxygen atoms in total. The average Bonchev–Trinajstić information content (AvgIpc) is 1.63. The van der Waals surface area contributed by atoms with Gasteiger partial charge in [-0.25, -0.2) is 35.1 Å². The Hall–Kier alpha value is -11.7. The molecule has 4 unspecified atom stereocenters. The number of amides is 6. The fourth-order valence-corrected chi connectivity index (χ4v) is 16.4. The van der Waals surface area contributed by atoms with E-state index < -0.39 is 187 Å². The van der Waals surface area contributed by atoms with Crippen molar-refractivity contribution in [3.8, 4) is 0 Å². The van der Waals surface area contributed by atoms with Crippen LogP contribution < -0.4 is 21.3 Å². The highest BCUT2D eigenvalue weighted by atomic mass is 19.3. The molecule has 6 saturated heterocycles. The van der Waals surface area contributed by atoms with Crippen molar-refractivity contribution >= 4 is 58.2 Å². The van der Waals surface area contributed by atoms with Crippen LogP contribution in [-0.4, -0.2) is 185 Å². The number of fused-ring (bicyclic) bond motifs is 4. The summed E-state index contributed by atoms with van der Waals surface area (Å²) in [6, 6.07) is 10.1. The van der Waals surface area contributed by atoms with Crippen LogP contribution in [-0.2, 0) is 33.3 Å². The van der Waals surface area contributed by atoms with Crippen LogP contribution in [0.1, 0.15) is 214 Å². The molecule has 9 heterocycles. The second kappa shape index (κ2) is 39.0. The molecule has 3 aromatic heterocycles. The molecular formula is C89H98F16N14O10. The maximum Gasteiger partial charge on any atom is 0.352 e. The Morgan fingerprint density at radius 1 is 0.442 bits per heavy atom. The lowest BCUT2D eigenvalue weighted by molar-refractivity contribution is -0.167. The fraction of sp³-hybridized carbons (Fsp3) is 0.449. The Morgan fingerprint density at radius 3 is 1.02 bits per heavy atom. The zero-order chi connectivity index (χ0) is 94.8. The standard InChI is InChI=1S/2C23H27F3N4O2.C22H27F3N4O3.C21H17F7N2O3/c2*1-13(2)29-12-16(11-27-29)28-22(32)15-4-7-21(24)20(8-15)23(25,26)14(3)30-17-5-6-18(30)10-19(31)9-17;1-4-21(32)7-9-28(10-8-21)20(31)22(24,25)17-11-15(5-6-18(17)23)19(30)27-16-12-26-29(13-16)14(2)3;1-20(26)9-30(5-4-16(20)31)19(33)21(27,28)12-6-10(2-3-13(12)22)18(32)29-11-7-14(23)17(25)15(24)8-11/h2*4,7-8,11-13,17-19,31H,3,5-6,9-10H2,1-2H3,(H,28,32);5-6,11-14,32H,4,7-10H2,1-3H3,(H,27,30);2-3,6-8,16,31H,4-5,9H2,1H3,(H,29,32)/t2*17-,18+,19?;;. The van der Waals surface area contributed by atoms with E-state index in [0.717, 1.165) is 54.3 Å². The highest BCUT2D eigenvalue weighted by Crippen LogP contribution is 2.49. The van der Waals surface area contributed by atoms with E-state index in [2.05, 4.69) is 44.4 Å². The lowest BCUT2D eigenvalue weighted by Crippen LogP contribution is -2.56. The van der Waals surface area contributed by atoms with Gasteiger partial charge in [0, 0.05) is 121 Å². The van der Waals surface area contributed by atoms with E-state index in [0.29, 0.717) is 110 Å². The second-order valence-corrected chi connectivity index (χ2v) is 34.0. The summed E-state index contributed by atoms with van der Waals surface area (Å²) in [7, 11) is 0. The Balaban J connectivity index is 0.000000166. The predicted molar refractivity (Wildman–Crippen MR) is 441 cm³/mol. The third-order valence-electron chi connectivity index (χ3n) is 23.8. The number of nitrogens with zero attached hydrogens (tertiary/aromatic N) is 10. The molecule has 8 N–H and O–H groups in total. The molecule has 0 radical (unpaired) electrons. The van der Waals surface area contributed by atoms with Crippen LogP contribution in [0.15, 0.2) is 147 Å². The summed E-state index contributed by atoms with van der Waals surface area (Å²) in [4.78, 5) is 79.5. The number of anilines is 4. The molecule has 6 aliphatic heterocycles. The maximum absolute atomic E-state index is 15.4. The number of aliphatic hydroxyl groups is 4. The summed E-state index contributed by atoms with van der Waals surface area (Å²) >= 11 is 0. The maximum atomic E-state index is 15.4. The normalized spacial score (nSPS) is 20.8. The number of hydrogen-bond acceptors (Lipinski definition) is 15. The minimum Gasteiger partial charge on any atom is -0.393 e. The summed E-state index contributed by atoms with van der Waals surface area (Å²) in [6.07, 6.45) is 11.4. The van der Waals surface area contributed by atoms with Crippen LogP contribution in [0.25, 0.3) is 0 Å². The lowest BCUT2D eigenvalue weighted by Gasteiger charge is -2.42. The van der Waals surface area contributed by atoms with Gasteiger partial charge in [0.2, 0.25) is 0 Å². The number of likely N-dealkylation sites (tertiary alicyclic amines) is 2. The Labute approximate surface area is 731 Å². The number of carbonyl (C=O) groups is 6. The third kappa shape index (κ3) is 21.8. The number of aromatic nitrogens is 6. The highest BCUT2D eigenvalue weighted by Gasteiger charge is 2.54. The Kier molecular flexibility index (Phi) is 29.6. The van der Waals surface area contributed by atoms with Crippen molar-refractivity contribution in [2.45, 2.75) is 228 Å². The number of halogens is 16. The second-order valence-electron chi connectivity index (χ2n) is 34.0. The van der Waals surface area contributed by atoms with Crippen LogP contribution in [0, 0.1) is 40.7 Å². The minimum atomic E-state index is -4.51. The molecule has 0 saturated carbocycles. The van der Waals surface area contributed by atoms with Gasteiger partial charge in [0.05, 0.1) is 99.8 Å². The summed E-state index contributed by atoms with van der Waals surface area (Å²) in [5, 5.41) is 61.8. The van der Waals surface area contributed by atoms with Gasteiger partial charge in [0.15, 0.2) is 23.1 Å². The van der Waals surface area contributed by atoms with Crippen molar-refractivity contribution in [3.63, 3.8) is 0 Å². The van der Waals surface area contributed by atoms with Crippen molar-refractivity contribution in [1.82, 2.24) is 48.9 Å². The summed E-state index contributed by atoms with van der Waals surface area (Å²) < 4.78 is 238. The van der Waals surface area contributed by atoms with Gasteiger partial charge in [0.1, 0.15) is 23.3 Å². The van der Waals surface area contributed by atoms with E-state index in [-0.39, 0.29) is 91.3 Å². The summed E-state index contributed by atoms with van der Waals surface area (Å²) in [5.41, 5.74) is -9.13. The third-order valence-corrected chi connectivity index (χ3v) is 23.8. The van der Waals surface area contributed by atoms with Gasteiger partial charge < -0.3 is 61.3 Å². The molecule has 8 aromatic rings. The SMILES string of the molecule is C=C(N1[C@@H]2CC[C@H]1CC(O)C2)C(F)(F)c1cc(C(=O)Nc2cnn(C(C)C)c2)ccc1F.C=C(N1[C@@H]2CC[C@H]1CC(O)C2)C(F)(F)c1cc(C(=O)Nc2cnn(C(C)C)c2)ccc1F.CC1(F)CN(C(=O)C(F)(F)c2cc(C(=O)Nc3cc(F)c(F)c(F)c3)ccc2F)CCC1O.CCC1(O)CCN(C(=O)C(F)(F)c2cc(C(=O)Nc3cnn(C(C)C)c3)ccc2F)CC1. The molecule has 696 valence electrons. The van der Waals surface area contributed by atoms with Crippen LogP contribution in [0.2, 0.25) is 0 Å². The molecule has 8 atom stereocenters. The molecule has 14 rings (SSSR count). The van der Waals surface area contributed by atoms with Gasteiger partial charge in [-0.05, 0) is 198 Å². The number of nitrogens with one attached hydrogen (secondary N) is 4. The number of piperidine rings is 4. The zero-order valence-corrected chi connectivity index (χ0v) is 71.3. The smallest absolute Gasteiger partial charge is 0.352 e. The molecule has 40 heteroatoms. The first-order valence-electron chi connectivity index (χ1n) is 41.6. The average molecular weight is 1830 g/mol. The largest absolute Gasteiger partial charge is 0.393 e. The van der Waals surface area contributed by atoms with Gasteiger partial charge >= 0.3 is 23.7 Å². The van der Waals surface area contributed by atoms with Gasteiger partial charge in [-0.3, -0.25) is 42.8 Å². The zero-order valence-electron chi connectivity index (χ0n) is 71.3. The number of benzene rings is 5. The molecule has 6 fully saturated rings. The first-order valence-corrected chi connectivity index (χ1v) is 41.6. The van der Waals surface area contributed by atoms with Gasteiger partial charge in [-0.15, -0.1) is 0 Å². The highest BCUT2D eigenvalue weighted by molar-refractivity contribution is 6.06. The Bertz CT molecular complexity index is 5290. The van der Waals surface area contributed by atoms with E-state index in [1.165, 1.54) is 30.7 Å². The summed E-state index contributed by atoms with van der Waals surface area (Å²) in [6.45, 7) is 20.1. The van der Waals surface area contributed by atoms with E-state index in [9.17, 15) is 102 Å². The molecule has 129 heavy (non-hydrogen) atoms. The number of hydrogen-bond donors (Lipinski definition) is 8. The molecule has 5 aromatic carbocycles. The van der Waals surface area contributed by atoms with E-state index in [1.807, 2.05) is 46.9 Å². The number of carbonyl (C=O) groups excluding carboxylic acids is 6. The topological polar surface area (TPSA) is 298 Å². The van der Waals surface area contributed by atoms with Crippen molar-refractivity contribution in [2.75, 3.05) is 47.4 Å². The molecular weight excluding hydrogens is 1730 g/mol. The van der Waals surface area contributed by atoms with E-state index >= 15 is 17.6 Å².